The van der Waals surface area contributed by atoms with E-state index >= 15 is 0 Å². The van der Waals surface area contributed by atoms with Gasteiger partial charge in [-0.1, -0.05) is 11.6 Å². The molecular formula is C14H21Cl2FN2O2S. The Bertz CT molecular complexity index is 624. The highest BCUT2D eigenvalue weighted by atomic mass is 35.5. The van der Waals surface area contributed by atoms with Crippen LogP contribution in [0.3, 0.4) is 0 Å². The average molecular weight is 371 g/mol. The van der Waals surface area contributed by atoms with Crippen LogP contribution < -0.4 is 5.32 Å². The highest BCUT2D eigenvalue weighted by Gasteiger charge is 2.31. The Kier molecular flexibility index (Phi) is 7.08. The van der Waals surface area contributed by atoms with Gasteiger partial charge in [0, 0.05) is 13.1 Å². The van der Waals surface area contributed by atoms with Crippen LogP contribution >= 0.6 is 24.0 Å². The van der Waals surface area contributed by atoms with Crippen molar-refractivity contribution in [2.45, 2.75) is 24.7 Å². The summed E-state index contributed by atoms with van der Waals surface area (Å²) in [5.74, 6) is -0.204. The van der Waals surface area contributed by atoms with Crippen LogP contribution in [0.15, 0.2) is 17.0 Å². The molecule has 0 amide bonds. The molecule has 0 saturated carbocycles. The first kappa shape index (κ1) is 19.6. The number of benzene rings is 1. The summed E-state index contributed by atoms with van der Waals surface area (Å²) in [4.78, 5) is -0.00632. The van der Waals surface area contributed by atoms with Gasteiger partial charge in [0.15, 0.2) is 0 Å². The van der Waals surface area contributed by atoms with Gasteiger partial charge in [-0.15, -0.1) is 12.4 Å². The zero-order chi connectivity index (χ0) is 15.6. The molecule has 0 aromatic heterocycles. The molecule has 8 heteroatoms. The van der Waals surface area contributed by atoms with Crippen molar-refractivity contribution in [3.05, 3.63) is 28.5 Å². The zero-order valence-corrected chi connectivity index (χ0v) is 15.0. The summed E-state index contributed by atoms with van der Waals surface area (Å²) < 4.78 is 40.3. The summed E-state index contributed by atoms with van der Waals surface area (Å²) in [6.07, 6.45) is 1.83. The van der Waals surface area contributed by atoms with Gasteiger partial charge in [-0.2, -0.15) is 4.31 Å². The number of hydrogen-bond donors (Lipinski definition) is 1. The lowest BCUT2D eigenvalue weighted by molar-refractivity contribution is 0.263. The van der Waals surface area contributed by atoms with E-state index in [2.05, 4.69) is 5.32 Å². The molecule has 1 heterocycles. The van der Waals surface area contributed by atoms with Gasteiger partial charge >= 0.3 is 0 Å². The molecule has 0 bridgehead atoms. The van der Waals surface area contributed by atoms with Crippen LogP contribution in [0.2, 0.25) is 5.02 Å². The molecule has 0 aliphatic carbocycles. The number of nitrogens with zero attached hydrogens (tertiary/aromatic N) is 1. The molecule has 4 nitrogen and oxygen atoms in total. The van der Waals surface area contributed by atoms with Crippen LogP contribution in [0.4, 0.5) is 4.39 Å². The Morgan fingerprint density at radius 3 is 2.77 bits per heavy atom. The molecule has 1 aromatic rings. The average Bonchev–Trinajstić information content (AvgIpc) is 2.43. The second kappa shape index (κ2) is 7.93. The van der Waals surface area contributed by atoms with Crippen molar-refractivity contribution in [1.82, 2.24) is 9.62 Å². The maximum atomic E-state index is 13.5. The Balaban J connectivity index is 0.00000242. The minimum Gasteiger partial charge on any atom is -0.319 e. The minimum atomic E-state index is -3.68. The number of halogens is 3. The van der Waals surface area contributed by atoms with Gasteiger partial charge in [-0.25, -0.2) is 12.8 Å². The summed E-state index contributed by atoms with van der Waals surface area (Å²) in [5, 5.41) is 3.02. The van der Waals surface area contributed by atoms with E-state index in [1.165, 1.54) is 17.3 Å². The molecular weight excluding hydrogens is 350 g/mol. The predicted molar refractivity (Wildman–Crippen MR) is 88.8 cm³/mol. The highest BCUT2D eigenvalue weighted by molar-refractivity contribution is 7.89. The van der Waals surface area contributed by atoms with E-state index in [-0.39, 0.29) is 27.9 Å². The maximum absolute atomic E-state index is 13.5. The molecule has 1 aliphatic rings. The van der Waals surface area contributed by atoms with E-state index in [1.807, 2.05) is 7.05 Å². The van der Waals surface area contributed by atoms with Crippen LogP contribution in [-0.2, 0) is 10.0 Å². The van der Waals surface area contributed by atoms with Crippen LogP contribution in [0.25, 0.3) is 0 Å². The molecule has 0 spiro atoms. The van der Waals surface area contributed by atoms with Gasteiger partial charge < -0.3 is 5.32 Å². The minimum absolute atomic E-state index is 0. The molecule has 1 N–H and O–H groups in total. The first-order chi connectivity index (χ1) is 9.86. The molecule has 2 rings (SSSR count). The summed E-state index contributed by atoms with van der Waals surface area (Å²) in [7, 11) is -1.82. The molecule has 22 heavy (non-hydrogen) atoms. The van der Waals surface area contributed by atoms with Crippen LogP contribution in [0, 0.1) is 18.7 Å². The van der Waals surface area contributed by atoms with Gasteiger partial charge in [-0.05, 0) is 57.0 Å². The van der Waals surface area contributed by atoms with Crippen molar-refractivity contribution >= 4 is 34.0 Å². The molecule has 1 fully saturated rings. The zero-order valence-electron chi connectivity index (χ0n) is 12.6. The van der Waals surface area contributed by atoms with E-state index in [1.54, 1.807) is 0 Å². The summed E-state index contributed by atoms with van der Waals surface area (Å²) >= 11 is 5.94. The molecule has 1 aromatic carbocycles. The van der Waals surface area contributed by atoms with E-state index < -0.39 is 15.8 Å². The number of sulfonamides is 1. The van der Waals surface area contributed by atoms with E-state index in [0.717, 1.165) is 25.5 Å². The first-order valence-electron chi connectivity index (χ1n) is 6.96. The predicted octanol–water partition coefficient (Wildman–Crippen LogP) is 2.83. The van der Waals surface area contributed by atoms with Crippen molar-refractivity contribution in [2.24, 2.45) is 5.92 Å². The lowest BCUT2D eigenvalue weighted by Crippen LogP contribution is -2.42. The molecule has 1 aliphatic heterocycles. The molecule has 1 unspecified atom stereocenters. The van der Waals surface area contributed by atoms with Gasteiger partial charge in [0.05, 0.1) is 5.02 Å². The molecule has 1 atom stereocenters. The second-order valence-corrected chi connectivity index (χ2v) is 7.77. The van der Waals surface area contributed by atoms with Crippen LogP contribution in [0.1, 0.15) is 18.4 Å². The number of hydrogen-bond acceptors (Lipinski definition) is 3. The van der Waals surface area contributed by atoms with Gasteiger partial charge in [0.2, 0.25) is 10.0 Å². The van der Waals surface area contributed by atoms with Crippen molar-refractivity contribution in [3.8, 4) is 0 Å². The third kappa shape index (κ3) is 4.11. The monoisotopic (exact) mass is 370 g/mol. The quantitative estimate of drug-likeness (QED) is 0.886. The van der Waals surface area contributed by atoms with E-state index in [0.29, 0.717) is 19.0 Å². The number of piperidine rings is 1. The third-order valence-corrected chi connectivity index (χ3v) is 6.14. The lowest BCUT2D eigenvalue weighted by Gasteiger charge is -2.32. The van der Waals surface area contributed by atoms with Gasteiger partial charge in [0.1, 0.15) is 10.7 Å². The maximum Gasteiger partial charge on any atom is 0.244 e. The van der Waals surface area contributed by atoms with E-state index in [4.69, 9.17) is 11.6 Å². The smallest absolute Gasteiger partial charge is 0.244 e. The van der Waals surface area contributed by atoms with Crippen LogP contribution in [-0.4, -0.2) is 39.4 Å². The first-order valence-corrected chi connectivity index (χ1v) is 8.78. The fourth-order valence-electron chi connectivity index (χ4n) is 2.67. The highest BCUT2D eigenvalue weighted by Crippen LogP contribution is 2.30. The van der Waals surface area contributed by atoms with Crippen molar-refractivity contribution in [2.75, 3.05) is 26.7 Å². The van der Waals surface area contributed by atoms with Crippen molar-refractivity contribution in [1.29, 1.82) is 0 Å². The van der Waals surface area contributed by atoms with Crippen molar-refractivity contribution in [3.63, 3.8) is 0 Å². The lowest BCUT2D eigenvalue weighted by atomic mass is 10.00. The fourth-order valence-corrected chi connectivity index (χ4v) is 4.80. The number of nitrogens with one attached hydrogen (secondary N) is 1. The third-order valence-electron chi connectivity index (χ3n) is 3.81. The summed E-state index contributed by atoms with van der Waals surface area (Å²) in [5.41, 5.74) is 0.279. The van der Waals surface area contributed by atoms with Crippen LogP contribution in [0.5, 0.6) is 0 Å². The SMILES string of the molecule is CNCC1CCCN(S(=O)(=O)c2cc(C)c(F)cc2Cl)C1.Cl. The van der Waals surface area contributed by atoms with E-state index in [9.17, 15) is 12.8 Å². The standard InChI is InChI=1S/C14H20ClFN2O2S.ClH/c1-10-6-14(12(15)7-13(10)16)21(19,20)18-5-3-4-11(9-18)8-17-2;/h6-7,11,17H,3-5,8-9H2,1-2H3;1H. The molecule has 0 radical (unpaired) electrons. The van der Waals surface area contributed by atoms with Gasteiger partial charge in [-0.3, -0.25) is 0 Å². The summed E-state index contributed by atoms with van der Waals surface area (Å²) in [6, 6.07) is 2.38. The Morgan fingerprint density at radius 2 is 2.14 bits per heavy atom. The fraction of sp³-hybridized carbons (Fsp3) is 0.571. The normalized spacial score (nSPS) is 19.7. The number of aryl methyl sites for hydroxylation is 1. The van der Waals surface area contributed by atoms with Gasteiger partial charge in [0.25, 0.3) is 0 Å². The molecule has 1 saturated heterocycles. The Morgan fingerprint density at radius 1 is 1.45 bits per heavy atom. The number of rotatable bonds is 4. The molecule has 126 valence electrons. The summed E-state index contributed by atoms with van der Waals surface area (Å²) in [6.45, 7) is 3.26. The van der Waals surface area contributed by atoms with Crippen molar-refractivity contribution < 1.29 is 12.8 Å². The Labute approximate surface area is 142 Å². The second-order valence-electron chi connectivity index (χ2n) is 5.46. The Hall–Kier alpha value is -0.400. The largest absolute Gasteiger partial charge is 0.319 e. The topological polar surface area (TPSA) is 49.4 Å².